The summed E-state index contributed by atoms with van der Waals surface area (Å²) in [5.74, 6) is -13.4. The van der Waals surface area contributed by atoms with E-state index < -0.39 is 187 Å². The summed E-state index contributed by atoms with van der Waals surface area (Å²) in [6.45, 7) is 10.5. The number of aliphatic imine (C=N–C) groups is 1. The van der Waals surface area contributed by atoms with Crippen LogP contribution in [0.3, 0.4) is 0 Å². The number of aliphatic carboxylic acids is 2. The fraction of sp³-hybridized carbons (Fsp3) is 0.573. The number of likely N-dealkylation sites (N-methyl/N-ethyl adjacent to an activating group) is 3. The molecule has 13 amide bonds. The van der Waals surface area contributed by atoms with Crippen LogP contribution in [0.4, 0.5) is 0 Å². The molecular formula is C82H121N17O21S. The Hall–Kier alpha value is -11.3. The summed E-state index contributed by atoms with van der Waals surface area (Å²) in [5.41, 5.74) is 8.14. The van der Waals surface area contributed by atoms with Crippen LogP contribution >= 0.6 is 11.8 Å². The number of carbonyl (C=O) groups excluding carboxylic acids is 14. The van der Waals surface area contributed by atoms with Gasteiger partial charge in [0.05, 0.1) is 49.6 Å². The van der Waals surface area contributed by atoms with Crippen molar-refractivity contribution in [1.82, 2.24) is 76.9 Å². The third-order valence-electron chi connectivity index (χ3n) is 21.0. The molecule has 2 aromatic carbocycles. The van der Waals surface area contributed by atoms with E-state index in [0.717, 1.165) is 50.9 Å². The molecule has 3 aromatic rings. The first kappa shape index (κ1) is 100. The maximum absolute atomic E-state index is 14.8. The summed E-state index contributed by atoms with van der Waals surface area (Å²) in [6, 6.07) is -2.36. The number of aromatic hydroxyl groups is 1. The van der Waals surface area contributed by atoms with Crippen LogP contribution in [0.5, 0.6) is 5.75 Å². The van der Waals surface area contributed by atoms with Crippen molar-refractivity contribution in [2.24, 2.45) is 17.8 Å². The van der Waals surface area contributed by atoms with Crippen molar-refractivity contribution in [1.29, 1.82) is 0 Å². The standard InChI is InChI=1S/C82H121N17O21S/c1-12-15-21-64(97(11)82(120)66(94(7)8)22-16-13-2)78(116)91-58(30-32-71(107)108)74(112)85-33-35-121-47-70(106)88-60(37-51-25-27-54(102)28-26-51)80(118)96(10)50(6)73(111)93-61(40-72(109)110)81(119)98-34-19-24-65(98)79(117)92-59(36-48(4)41-84-14-3)75(113)90-57(29-31-68(83)104)49(5)99-44-55(103)39-67(99)77(115)86-42-69(105)89-62(46-101)76(114)87-53(45-100)38-52-43-95(9)63-23-18-17-20-56(52)63/h14,17-18,20,23,25-28,41,43,45,50,53,55,57-62,64-67,101-103H,5,12-13,15-16,19,21-22,24,29-40,42,44,46-47H2,1-4,6-11H3,(H2,83,104)(H,85,112)(H,86,115)(H,87,114)(H,88,106)(H,89,105)(H,90,113)(H,91,116)(H,92,117)(H,93,111)(H,107,108)(H,109,110)/b48-41+,84-14-/t50?,53?,55-,57?,58?,59?,60?,61+,62?,64+,65?,66+,67?/m1/s1. The minimum absolute atomic E-state index is 0.0127. The number of phenols is 1. The number of aliphatic hydroxyl groups excluding tert-OH is 2. The van der Waals surface area contributed by atoms with Crippen LogP contribution in [-0.4, -0.2) is 307 Å². The number of aryl methyl sites for hydroxylation is 1. The second-order valence-electron chi connectivity index (χ2n) is 30.6. The van der Waals surface area contributed by atoms with E-state index in [1.54, 1.807) is 32.8 Å². The second kappa shape index (κ2) is 50.0. The van der Waals surface area contributed by atoms with Crippen LogP contribution < -0.4 is 53.6 Å². The molecule has 666 valence electrons. The number of aldehydes is 1. The third kappa shape index (κ3) is 31.3. The van der Waals surface area contributed by atoms with Gasteiger partial charge >= 0.3 is 11.9 Å². The Morgan fingerprint density at radius 1 is 0.678 bits per heavy atom. The fourth-order valence-electron chi connectivity index (χ4n) is 14.2. The fourth-order valence-corrected chi connectivity index (χ4v) is 14.9. The Kier molecular flexibility index (Phi) is 41.5. The number of amides is 13. The molecule has 0 bridgehead atoms. The monoisotopic (exact) mass is 1710 g/mol. The Morgan fingerprint density at radius 2 is 1.31 bits per heavy atom. The summed E-state index contributed by atoms with van der Waals surface area (Å²) in [6.07, 6.45) is 5.04. The largest absolute Gasteiger partial charge is 0.508 e. The Labute approximate surface area is 708 Å². The first-order valence-corrected chi connectivity index (χ1v) is 41.6. The summed E-state index contributed by atoms with van der Waals surface area (Å²) in [4.78, 5) is 228. The van der Waals surface area contributed by atoms with Gasteiger partial charge in [0.2, 0.25) is 76.8 Å². The molecule has 9 unspecified atom stereocenters. The molecule has 3 heterocycles. The van der Waals surface area contributed by atoms with E-state index in [1.807, 2.05) is 55.9 Å². The van der Waals surface area contributed by atoms with Crippen LogP contribution in [0.15, 0.2) is 83.8 Å². The van der Waals surface area contributed by atoms with Gasteiger partial charge in [-0.15, -0.1) is 0 Å². The number of unbranched alkanes of at least 4 members (excludes halogenated alkanes) is 2. The summed E-state index contributed by atoms with van der Waals surface area (Å²) < 4.78 is 1.87. The number of likely N-dealkylation sites (tertiary alicyclic amines) is 2. The van der Waals surface area contributed by atoms with E-state index in [4.69, 9.17) is 5.73 Å². The molecule has 121 heavy (non-hydrogen) atoms. The van der Waals surface area contributed by atoms with Gasteiger partial charge in [0.1, 0.15) is 66.4 Å². The molecule has 2 aliphatic rings. The zero-order valence-electron chi connectivity index (χ0n) is 70.5. The third-order valence-corrected chi connectivity index (χ3v) is 22.0. The number of primary amides is 1. The number of carboxylic acids is 2. The lowest BCUT2D eigenvalue weighted by molar-refractivity contribution is -0.147. The number of carboxylic acid groups (broad SMARTS) is 2. The highest BCUT2D eigenvalue weighted by molar-refractivity contribution is 7.99. The van der Waals surface area contributed by atoms with Gasteiger partial charge in [-0.05, 0) is 109 Å². The lowest BCUT2D eigenvalue weighted by Crippen LogP contribution is -2.59. The highest BCUT2D eigenvalue weighted by atomic mass is 32.2. The van der Waals surface area contributed by atoms with Crippen LogP contribution in [0, 0.1) is 0 Å². The predicted molar refractivity (Wildman–Crippen MR) is 449 cm³/mol. The average molecular weight is 1710 g/mol. The topological polar surface area (TPSA) is 542 Å². The summed E-state index contributed by atoms with van der Waals surface area (Å²) in [5, 5.41) is 75.1. The highest BCUT2D eigenvalue weighted by Gasteiger charge is 2.44. The normalized spacial score (nSPS) is 17.1. The zero-order valence-corrected chi connectivity index (χ0v) is 71.3. The maximum Gasteiger partial charge on any atom is 0.305 e. The number of β-amino-alcohol motifs (C(OH)–C–C–N with tert-alkyl or cyclic N) is 1. The second-order valence-corrected chi connectivity index (χ2v) is 31.7. The molecular weight excluding hydrogens is 1590 g/mol. The minimum atomic E-state index is -1.86. The van der Waals surface area contributed by atoms with E-state index in [2.05, 4.69) is 59.4 Å². The van der Waals surface area contributed by atoms with Crippen molar-refractivity contribution in [3.8, 4) is 5.75 Å². The van der Waals surface area contributed by atoms with Crippen LogP contribution in [0.25, 0.3) is 10.9 Å². The number of nitrogens with two attached hydrogens (primary N) is 1. The van der Waals surface area contributed by atoms with Gasteiger partial charge in [-0.3, -0.25) is 81.8 Å². The summed E-state index contributed by atoms with van der Waals surface area (Å²) in [7, 11) is 8.15. The number of nitrogens with one attached hydrogen (secondary N) is 9. The number of nitrogens with zero attached hydrogens (tertiary/aromatic N) is 7. The van der Waals surface area contributed by atoms with E-state index in [0.29, 0.717) is 36.7 Å². The molecule has 0 saturated carbocycles. The van der Waals surface area contributed by atoms with Crippen molar-refractivity contribution in [2.75, 3.05) is 72.5 Å². The number of phenolic OH excluding ortho intramolecular Hbond substituents is 1. The SMILES string of the molecule is C=C(C(CCC(N)=O)NC(=O)C(C/C(C)=C/N=C\C)NC(=O)C1CCCN1C(=O)[C@H](CC(=O)O)NC(=O)C(C)N(C)C(=O)C(Cc1ccc(O)cc1)NC(=O)CSCCNC(=O)C(CCC(=O)O)NC(=O)[C@H](CCCC)N(C)C(=O)[C@H](CCCC)N(C)C)N1C[C@H](O)CC1C(=O)NCC(=O)NC(CO)C(=O)NC(C=O)Cc1cn(C)c2ccccc12. The van der Waals surface area contributed by atoms with Gasteiger partial charge in [0, 0.05) is 114 Å². The number of rotatable bonds is 52. The molecule has 1 aromatic heterocycles. The number of carbonyl (C=O) groups is 16. The molecule has 38 nitrogen and oxygen atoms in total. The molecule has 0 aliphatic carbocycles. The molecule has 0 radical (unpaired) electrons. The van der Waals surface area contributed by atoms with Crippen LogP contribution in [0.2, 0.25) is 0 Å². The smallest absolute Gasteiger partial charge is 0.305 e. The zero-order chi connectivity index (χ0) is 89.9. The van der Waals surface area contributed by atoms with Gasteiger partial charge in [-0.1, -0.05) is 82.0 Å². The minimum Gasteiger partial charge on any atom is -0.508 e. The lowest BCUT2D eigenvalue weighted by Gasteiger charge is -2.34. The van der Waals surface area contributed by atoms with Crippen LogP contribution in [-0.2, 0) is 96.6 Å². The molecule has 0 spiro atoms. The van der Waals surface area contributed by atoms with Crippen molar-refractivity contribution in [3.63, 3.8) is 0 Å². The maximum atomic E-state index is 14.8. The molecule has 16 N–H and O–H groups in total. The van der Waals surface area contributed by atoms with Crippen molar-refractivity contribution < 1.29 is 102 Å². The Balaban J connectivity index is 1.25. The van der Waals surface area contributed by atoms with E-state index in [1.165, 1.54) is 67.5 Å². The highest BCUT2D eigenvalue weighted by Crippen LogP contribution is 2.28. The van der Waals surface area contributed by atoms with Crippen molar-refractivity contribution in [2.45, 2.75) is 222 Å². The Morgan fingerprint density at radius 3 is 1.94 bits per heavy atom. The number of aromatic nitrogens is 1. The van der Waals surface area contributed by atoms with Gasteiger partial charge in [0.25, 0.3) is 0 Å². The quantitative estimate of drug-likeness (QED) is 0.0186. The molecule has 2 fully saturated rings. The van der Waals surface area contributed by atoms with E-state index in [9.17, 15) is 102 Å². The number of thioether (sulfide) groups is 1. The number of hydrogen-bond donors (Lipinski definition) is 15. The Bertz CT molecular complexity index is 4200. The van der Waals surface area contributed by atoms with E-state index >= 15 is 0 Å². The van der Waals surface area contributed by atoms with Gasteiger partial charge in [-0.25, -0.2) is 0 Å². The van der Waals surface area contributed by atoms with Gasteiger partial charge in [-0.2, -0.15) is 11.8 Å². The molecule has 39 heteroatoms. The van der Waals surface area contributed by atoms with Crippen LogP contribution in [0.1, 0.15) is 142 Å². The lowest BCUT2D eigenvalue weighted by atomic mass is 10.0. The van der Waals surface area contributed by atoms with Crippen molar-refractivity contribution in [3.05, 3.63) is 89.9 Å². The van der Waals surface area contributed by atoms with E-state index in [-0.39, 0.29) is 113 Å². The number of benzene rings is 2. The number of para-hydroxylation sites is 1. The predicted octanol–water partition coefficient (Wildman–Crippen LogP) is -0.867. The number of hydrogen-bond acceptors (Lipinski definition) is 23. The molecule has 13 atom stereocenters. The number of fused-ring (bicyclic) bond motifs is 1. The molecule has 2 aliphatic heterocycles. The average Bonchev–Trinajstić information content (AvgIpc) is 1.69. The number of aliphatic hydroxyl groups is 2. The molecule has 2 saturated heterocycles. The van der Waals surface area contributed by atoms with Gasteiger partial charge in [0.15, 0.2) is 0 Å². The summed E-state index contributed by atoms with van der Waals surface area (Å²) >= 11 is 1.04. The van der Waals surface area contributed by atoms with Gasteiger partial charge < -0.3 is 108 Å². The molecule has 5 rings (SSSR count). The van der Waals surface area contributed by atoms with Crippen molar-refractivity contribution >= 4 is 124 Å². The first-order chi connectivity index (χ1) is 57.4. The first-order valence-electron chi connectivity index (χ1n) is 40.5.